The number of aliphatic carboxylic acids is 1. The van der Waals surface area contributed by atoms with E-state index in [1.165, 1.54) is 42.5 Å². The number of hydrogen-bond acceptors (Lipinski definition) is 7. The number of phenolic OH excluding ortho intramolecular Hbond substituents is 3. The Morgan fingerprint density at radius 1 is 1.08 bits per heavy atom. The van der Waals surface area contributed by atoms with Crippen LogP contribution in [0.4, 0.5) is 0 Å². The summed E-state index contributed by atoms with van der Waals surface area (Å²) in [6.07, 6.45) is -1.09. The Balaban J connectivity index is 2.27. The summed E-state index contributed by atoms with van der Waals surface area (Å²) in [6.45, 7) is 0. The first-order chi connectivity index (χ1) is 11.8. The Labute approximate surface area is 142 Å². The van der Waals surface area contributed by atoms with E-state index in [9.17, 15) is 35.4 Å². The summed E-state index contributed by atoms with van der Waals surface area (Å²) >= 11 is 0. The van der Waals surface area contributed by atoms with Gasteiger partial charge in [-0.1, -0.05) is 18.2 Å². The largest absolute Gasteiger partial charge is 0.508 e. The first-order valence-corrected chi connectivity index (χ1v) is 7.22. The lowest BCUT2D eigenvalue weighted by molar-refractivity contribution is -0.170. The molecule has 2 atom stereocenters. The van der Waals surface area contributed by atoms with Crippen molar-refractivity contribution in [1.82, 2.24) is 0 Å². The van der Waals surface area contributed by atoms with Crippen LogP contribution in [-0.2, 0) is 11.2 Å². The third-order valence-electron chi connectivity index (χ3n) is 3.61. The van der Waals surface area contributed by atoms with E-state index in [1.807, 2.05) is 0 Å². The van der Waals surface area contributed by atoms with Crippen LogP contribution in [0.2, 0.25) is 0 Å². The average molecular weight is 347 g/mol. The summed E-state index contributed by atoms with van der Waals surface area (Å²) in [5, 5.41) is 58.3. The third-order valence-corrected chi connectivity index (χ3v) is 3.61. The molecule has 0 bridgehead atoms. The minimum Gasteiger partial charge on any atom is -0.508 e. The highest BCUT2D eigenvalue weighted by molar-refractivity contribution is 5.80. The summed E-state index contributed by atoms with van der Waals surface area (Å²) in [5.41, 5.74) is -2.75. The molecule has 0 saturated carbocycles. The van der Waals surface area contributed by atoms with Crippen molar-refractivity contribution in [1.29, 1.82) is 0 Å². The fourth-order valence-corrected chi connectivity index (χ4v) is 2.18. The number of nitrogens with zero attached hydrogens (tertiary/aromatic N) is 1. The fraction of sp³-hybridized carbons (Fsp3) is 0.176. The van der Waals surface area contributed by atoms with Gasteiger partial charge in [0.1, 0.15) is 23.4 Å². The highest BCUT2D eigenvalue weighted by Gasteiger charge is 2.44. The first kappa shape index (κ1) is 18.2. The van der Waals surface area contributed by atoms with Crippen LogP contribution in [0.3, 0.4) is 0 Å². The zero-order valence-electron chi connectivity index (χ0n) is 12.9. The van der Waals surface area contributed by atoms with Gasteiger partial charge in [0.15, 0.2) is 0 Å². The highest BCUT2D eigenvalue weighted by atomic mass is 16.4. The third kappa shape index (κ3) is 3.87. The first-order valence-electron chi connectivity index (χ1n) is 7.22. The molecule has 2 aromatic rings. The van der Waals surface area contributed by atoms with Gasteiger partial charge in [-0.25, -0.2) is 9.79 Å². The molecule has 0 saturated heterocycles. The second-order valence-electron chi connectivity index (χ2n) is 5.32. The van der Waals surface area contributed by atoms with Crippen molar-refractivity contribution in [2.45, 2.75) is 18.2 Å². The standard InChI is InChI=1S/C17H17NO7/c19-11-6-4-10(5-7-11)15(22)17(25,16(23)24)18-9-8-12-13(20)2-1-3-14(12)21/h1-7,9,15,19-22,25H,8H2,(H,23,24)/t15?,17-/m1/s1. The number of carboxylic acids is 1. The second-order valence-corrected chi connectivity index (χ2v) is 5.32. The molecule has 1 unspecified atom stereocenters. The summed E-state index contributed by atoms with van der Waals surface area (Å²) in [7, 11) is 0. The predicted molar refractivity (Wildman–Crippen MR) is 87.6 cm³/mol. The van der Waals surface area contributed by atoms with E-state index in [-0.39, 0.29) is 34.8 Å². The van der Waals surface area contributed by atoms with Crippen molar-refractivity contribution in [3.63, 3.8) is 0 Å². The molecule has 0 radical (unpaired) electrons. The fourth-order valence-electron chi connectivity index (χ4n) is 2.18. The summed E-state index contributed by atoms with van der Waals surface area (Å²) in [4.78, 5) is 14.9. The molecule has 0 fully saturated rings. The summed E-state index contributed by atoms with van der Waals surface area (Å²) < 4.78 is 0. The molecule has 0 aliphatic rings. The van der Waals surface area contributed by atoms with Crippen LogP contribution in [0.15, 0.2) is 47.5 Å². The molecule has 0 aliphatic carbocycles. The predicted octanol–water partition coefficient (Wildman–Crippen LogP) is 0.923. The molecule has 0 aliphatic heterocycles. The zero-order chi connectivity index (χ0) is 18.6. The van der Waals surface area contributed by atoms with Gasteiger partial charge < -0.3 is 30.6 Å². The van der Waals surface area contributed by atoms with Crippen LogP contribution < -0.4 is 0 Å². The van der Waals surface area contributed by atoms with E-state index in [4.69, 9.17) is 0 Å². The van der Waals surface area contributed by atoms with E-state index in [0.717, 1.165) is 6.21 Å². The van der Waals surface area contributed by atoms with Gasteiger partial charge in [-0.15, -0.1) is 0 Å². The topological polar surface area (TPSA) is 151 Å². The Morgan fingerprint density at radius 2 is 1.64 bits per heavy atom. The monoisotopic (exact) mass is 347 g/mol. The van der Waals surface area contributed by atoms with Crippen molar-refractivity contribution >= 4 is 12.2 Å². The van der Waals surface area contributed by atoms with Gasteiger partial charge in [0.25, 0.3) is 5.72 Å². The normalized spacial score (nSPS) is 15.0. The van der Waals surface area contributed by atoms with Crippen molar-refractivity contribution in [2.75, 3.05) is 0 Å². The minimum atomic E-state index is -2.88. The van der Waals surface area contributed by atoms with Crippen molar-refractivity contribution in [3.8, 4) is 17.2 Å². The van der Waals surface area contributed by atoms with Crippen LogP contribution in [0.25, 0.3) is 0 Å². The van der Waals surface area contributed by atoms with Gasteiger partial charge in [-0.3, -0.25) is 0 Å². The number of aliphatic imine (C=N–C) groups is 1. The molecule has 25 heavy (non-hydrogen) atoms. The van der Waals surface area contributed by atoms with Crippen molar-refractivity contribution < 1.29 is 35.4 Å². The lowest BCUT2D eigenvalue weighted by Crippen LogP contribution is -2.43. The van der Waals surface area contributed by atoms with E-state index in [1.54, 1.807) is 0 Å². The van der Waals surface area contributed by atoms with Gasteiger partial charge in [-0.05, 0) is 29.8 Å². The van der Waals surface area contributed by atoms with Crippen LogP contribution in [-0.4, -0.2) is 48.5 Å². The van der Waals surface area contributed by atoms with Gasteiger partial charge >= 0.3 is 5.97 Å². The maximum atomic E-state index is 11.4. The Morgan fingerprint density at radius 3 is 2.16 bits per heavy atom. The molecule has 2 rings (SSSR count). The SMILES string of the molecule is O=C(O)[C@@](O)(N=CCc1c(O)cccc1O)C(O)c1ccc(O)cc1. The Kier molecular flexibility index (Phi) is 5.26. The number of phenols is 3. The molecule has 2 aromatic carbocycles. The molecule has 0 spiro atoms. The van der Waals surface area contributed by atoms with Crippen LogP contribution in [0, 0.1) is 0 Å². The smallest absolute Gasteiger partial charge is 0.362 e. The van der Waals surface area contributed by atoms with Crippen LogP contribution in [0.5, 0.6) is 17.2 Å². The average Bonchev–Trinajstić information content (AvgIpc) is 2.57. The maximum absolute atomic E-state index is 11.4. The van der Waals surface area contributed by atoms with E-state index in [2.05, 4.69) is 4.99 Å². The van der Waals surface area contributed by atoms with Gasteiger partial charge in [-0.2, -0.15) is 0 Å². The number of carbonyl (C=O) groups is 1. The lowest BCUT2D eigenvalue weighted by atomic mass is 9.99. The van der Waals surface area contributed by atoms with E-state index in [0.29, 0.717) is 0 Å². The van der Waals surface area contributed by atoms with E-state index < -0.39 is 17.8 Å². The number of carboxylic acid groups (broad SMARTS) is 1. The van der Waals surface area contributed by atoms with Gasteiger partial charge in [0, 0.05) is 18.2 Å². The quantitative estimate of drug-likeness (QED) is 0.425. The number of aliphatic hydroxyl groups is 2. The summed E-state index contributed by atoms with van der Waals surface area (Å²) in [5.74, 6) is -2.31. The molecule has 132 valence electrons. The Hall–Kier alpha value is -3.10. The number of hydrogen-bond donors (Lipinski definition) is 6. The summed E-state index contributed by atoms with van der Waals surface area (Å²) in [6, 6.07) is 9.04. The molecular formula is C17H17NO7. The number of benzene rings is 2. The molecule has 0 heterocycles. The molecule has 8 nitrogen and oxygen atoms in total. The van der Waals surface area contributed by atoms with Gasteiger partial charge in [0.2, 0.25) is 0 Å². The number of rotatable bonds is 6. The number of aromatic hydroxyl groups is 3. The molecular weight excluding hydrogens is 330 g/mol. The molecule has 8 heteroatoms. The van der Waals surface area contributed by atoms with Gasteiger partial charge in [0.05, 0.1) is 0 Å². The van der Waals surface area contributed by atoms with Crippen LogP contribution in [0.1, 0.15) is 17.2 Å². The van der Waals surface area contributed by atoms with Crippen molar-refractivity contribution in [3.05, 3.63) is 53.6 Å². The lowest BCUT2D eigenvalue weighted by Gasteiger charge is -2.25. The maximum Gasteiger partial charge on any atom is 0.362 e. The highest BCUT2D eigenvalue weighted by Crippen LogP contribution is 2.30. The Bertz CT molecular complexity index is 768. The molecule has 6 N–H and O–H groups in total. The van der Waals surface area contributed by atoms with E-state index >= 15 is 0 Å². The van der Waals surface area contributed by atoms with Crippen molar-refractivity contribution in [2.24, 2.45) is 4.99 Å². The molecule has 0 aromatic heterocycles. The minimum absolute atomic E-state index is 0.0326. The van der Waals surface area contributed by atoms with Crippen LogP contribution >= 0.6 is 0 Å². The number of aliphatic hydroxyl groups excluding tert-OH is 1. The second kappa shape index (κ2) is 7.20. The zero-order valence-corrected chi connectivity index (χ0v) is 12.9. The molecule has 0 amide bonds.